The lowest BCUT2D eigenvalue weighted by molar-refractivity contribution is -0.142. The van der Waals surface area contributed by atoms with Crippen molar-refractivity contribution in [2.45, 2.75) is 62.9 Å². The van der Waals surface area contributed by atoms with Gasteiger partial charge in [-0.3, -0.25) is 24.0 Å². The van der Waals surface area contributed by atoms with Gasteiger partial charge in [0.05, 0.1) is 12.5 Å². The van der Waals surface area contributed by atoms with E-state index < -0.39 is 72.4 Å². The van der Waals surface area contributed by atoms with Gasteiger partial charge >= 0.3 is 18.0 Å². The fourth-order valence-corrected chi connectivity index (χ4v) is 5.54. The van der Waals surface area contributed by atoms with E-state index in [1.165, 1.54) is 31.2 Å². The molecule has 50 heavy (non-hydrogen) atoms. The number of amides is 4. The number of fused-ring (bicyclic) bond motifs is 3. The molecule has 0 heterocycles. The van der Waals surface area contributed by atoms with Crippen molar-refractivity contribution in [2.24, 2.45) is 0 Å². The predicted molar refractivity (Wildman–Crippen MR) is 177 cm³/mol. The van der Waals surface area contributed by atoms with Crippen molar-refractivity contribution in [1.29, 1.82) is 0 Å². The number of hydrogen-bond acceptors (Lipinski definition) is 9. The molecule has 0 aromatic heterocycles. The number of phenolic OH excluding ortho intramolecular Hbond substituents is 1. The number of aliphatic carboxylic acids is 2. The van der Waals surface area contributed by atoms with Crippen LogP contribution in [0.1, 0.15) is 42.9 Å². The summed E-state index contributed by atoms with van der Waals surface area (Å²) in [6.45, 7) is 2.26. The maximum atomic E-state index is 13.4. The standard InChI is InChI=1S/C35H38N4O11/c1-18(34(47)48)36-31(44)27(15-20-11-13-21(41)14-12-20)37-33(46)30(19(2)40)39-32(45)28(16-29(42)43)38-35(49)50-17-26-24-9-5-3-7-22(24)23-8-4-6-10-25(23)26/h3-14,18-19,26-28,30,40-41H,15-17H2,1-2H3,(H,36,44)(H,37,46)(H,38,49)(H,39,45)(H,42,43)(H,47,48)/t18-,19+,27-,28-,30-/m0/s1. The van der Waals surface area contributed by atoms with Crippen molar-refractivity contribution in [3.05, 3.63) is 89.5 Å². The second kappa shape index (κ2) is 16.4. The molecular weight excluding hydrogens is 652 g/mol. The van der Waals surface area contributed by atoms with Crippen LogP contribution in [0.4, 0.5) is 4.79 Å². The monoisotopic (exact) mass is 690 g/mol. The minimum Gasteiger partial charge on any atom is -0.508 e. The van der Waals surface area contributed by atoms with Crippen LogP contribution < -0.4 is 21.3 Å². The largest absolute Gasteiger partial charge is 0.508 e. The van der Waals surface area contributed by atoms with Crippen LogP contribution in [0.3, 0.4) is 0 Å². The number of benzene rings is 3. The van der Waals surface area contributed by atoms with E-state index in [2.05, 4.69) is 21.3 Å². The third kappa shape index (κ3) is 9.35. The van der Waals surface area contributed by atoms with E-state index in [-0.39, 0.29) is 24.7 Å². The van der Waals surface area contributed by atoms with Crippen molar-refractivity contribution in [3.63, 3.8) is 0 Å². The fraction of sp³-hybridized carbons (Fsp3) is 0.314. The van der Waals surface area contributed by atoms with E-state index in [4.69, 9.17) is 4.74 Å². The maximum absolute atomic E-state index is 13.4. The number of aromatic hydroxyl groups is 1. The van der Waals surface area contributed by atoms with E-state index in [0.29, 0.717) is 5.56 Å². The molecule has 1 aliphatic carbocycles. The lowest BCUT2D eigenvalue weighted by atomic mass is 9.98. The summed E-state index contributed by atoms with van der Waals surface area (Å²) in [5, 5.41) is 47.8. The lowest BCUT2D eigenvalue weighted by Crippen LogP contribution is -2.60. The van der Waals surface area contributed by atoms with Crippen molar-refractivity contribution < 1.29 is 53.9 Å². The highest BCUT2D eigenvalue weighted by Gasteiger charge is 2.35. The zero-order valence-corrected chi connectivity index (χ0v) is 27.2. The molecule has 5 atom stereocenters. The number of carboxylic acid groups (broad SMARTS) is 2. The Kier molecular flexibility index (Phi) is 12.1. The van der Waals surface area contributed by atoms with Crippen LogP contribution in [-0.4, -0.2) is 93.1 Å². The molecule has 4 rings (SSSR count). The van der Waals surface area contributed by atoms with Crippen LogP contribution in [-0.2, 0) is 35.1 Å². The van der Waals surface area contributed by atoms with Crippen molar-refractivity contribution in [1.82, 2.24) is 21.3 Å². The molecule has 0 aliphatic heterocycles. The number of carboxylic acids is 2. The first-order valence-corrected chi connectivity index (χ1v) is 15.7. The number of nitrogens with one attached hydrogen (secondary N) is 4. The molecule has 1 aliphatic rings. The Morgan fingerprint density at radius 2 is 1.28 bits per heavy atom. The second-order valence-corrected chi connectivity index (χ2v) is 11.8. The lowest BCUT2D eigenvalue weighted by Gasteiger charge is -2.27. The van der Waals surface area contributed by atoms with Gasteiger partial charge in [-0.2, -0.15) is 0 Å². The Hall–Kier alpha value is -5.96. The number of carbonyl (C=O) groups excluding carboxylic acids is 4. The Bertz CT molecular complexity index is 1700. The van der Waals surface area contributed by atoms with Gasteiger partial charge in [-0.25, -0.2) is 4.79 Å². The summed E-state index contributed by atoms with van der Waals surface area (Å²) in [5.41, 5.74) is 4.31. The SMILES string of the molecule is C[C@H](NC(=O)[C@H](Cc1ccc(O)cc1)NC(=O)[C@@H](NC(=O)[C@H](CC(=O)O)NC(=O)OCC1c2ccccc2-c2ccccc21)[C@@H](C)O)C(=O)O. The molecule has 0 saturated heterocycles. The highest BCUT2D eigenvalue weighted by Crippen LogP contribution is 2.44. The molecular formula is C35H38N4O11. The molecule has 264 valence electrons. The smallest absolute Gasteiger partial charge is 0.407 e. The van der Waals surface area contributed by atoms with Crippen molar-refractivity contribution >= 4 is 35.8 Å². The highest BCUT2D eigenvalue weighted by atomic mass is 16.5. The first-order valence-electron chi connectivity index (χ1n) is 15.7. The first kappa shape index (κ1) is 36.9. The van der Waals surface area contributed by atoms with E-state index in [9.17, 15) is 49.2 Å². The Balaban J connectivity index is 1.44. The van der Waals surface area contributed by atoms with Crippen LogP contribution in [0.25, 0.3) is 11.1 Å². The van der Waals surface area contributed by atoms with Crippen molar-refractivity contribution in [2.75, 3.05) is 6.61 Å². The van der Waals surface area contributed by atoms with Crippen LogP contribution in [0, 0.1) is 0 Å². The van der Waals surface area contributed by atoms with Gasteiger partial charge in [-0.05, 0) is 53.8 Å². The normalized spacial score (nSPS) is 14.8. The number of alkyl carbamates (subject to hydrolysis) is 1. The van der Waals surface area contributed by atoms with E-state index in [1.54, 1.807) is 0 Å². The minimum atomic E-state index is -1.74. The van der Waals surface area contributed by atoms with Gasteiger partial charge in [0.2, 0.25) is 17.7 Å². The summed E-state index contributed by atoms with van der Waals surface area (Å²) in [7, 11) is 0. The highest BCUT2D eigenvalue weighted by molar-refractivity contribution is 5.96. The van der Waals surface area contributed by atoms with Gasteiger partial charge in [0.15, 0.2) is 0 Å². The first-order chi connectivity index (χ1) is 23.7. The Morgan fingerprint density at radius 1 is 0.720 bits per heavy atom. The molecule has 0 fully saturated rings. The van der Waals surface area contributed by atoms with E-state index in [0.717, 1.165) is 29.2 Å². The topological polar surface area (TPSA) is 241 Å². The zero-order chi connectivity index (χ0) is 36.5. The zero-order valence-electron chi connectivity index (χ0n) is 27.2. The van der Waals surface area contributed by atoms with Crippen LogP contribution in [0.15, 0.2) is 72.8 Å². The van der Waals surface area contributed by atoms with Crippen molar-refractivity contribution in [3.8, 4) is 16.9 Å². The van der Waals surface area contributed by atoms with Crippen LogP contribution in [0.2, 0.25) is 0 Å². The van der Waals surface area contributed by atoms with Gasteiger partial charge in [0, 0.05) is 12.3 Å². The summed E-state index contributed by atoms with van der Waals surface area (Å²) in [4.78, 5) is 75.5. The predicted octanol–water partition coefficient (Wildman–Crippen LogP) is 1.26. The summed E-state index contributed by atoms with van der Waals surface area (Å²) in [6, 6.07) is 14.7. The second-order valence-electron chi connectivity index (χ2n) is 11.8. The van der Waals surface area contributed by atoms with E-state index >= 15 is 0 Å². The number of aliphatic hydroxyl groups is 1. The third-order valence-electron chi connectivity index (χ3n) is 8.13. The number of hydrogen-bond donors (Lipinski definition) is 8. The minimum absolute atomic E-state index is 0.0576. The van der Waals surface area contributed by atoms with Gasteiger partial charge in [-0.1, -0.05) is 60.7 Å². The molecule has 8 N–H and O–H groups in total. The van der Waals surface area contributed by atoms with Gasteiger partial charge in [0.25, 0.3) is 0 Å². The average molecular weight is 691 g/mol. The maximum Gasteiger partial charge on any atom is 0.407 e. The van der Waals surface area contributed by atoms with Gasteiger partial charge in [-0.15, -0.1) is 0 Å². The molecule has 0 radical (unpaired) electrons. The Labute approximate surface area is 286 Å². The molecule has 3 aromatic rings. The number of aliphatic hydroxyl groups excluding tert-OH is 1. The van der Waals surface area contributed by atoms with Gasteiger partial charge < -0.3 is 46.4 Å². The summed E-state index contributed by atoms with van der Waals surface area (Å²) >= 11 is 0. The average Bonchev–Trinajstić information content (AvgIpc) is 3.39. The summed E-state index contributed by atoms with van der Waals surface area (Å²) < 4.78 is 5.44. The number of phenols is 1. The number of carbonyl (C=O) groups is 6. The summed E-state index contributed by atoms with van der Waals surface area (Å²) in [5.74, 6) is -6.26. The molecule has 15 heteroatoms. The summed E-state index contributed by atoms with van der Waals surface area (Å²) in [6.07, 6.45) is -3.74. The molecule has 0 unspecified atom stereocenters. The van der Waals surface area contributed by atoms with Gasteiger partial charge in [0.1, 0.15) is 36.5 Å². The third-order valence-corrected chi connectivity index (χ3v) is 8.13. The Morgan fingerprint density at radius 3 is 1.82 bits per heavy atom. The molecule has 0 bridgehead atoms. The fourth-order valence-electron chi connectivity index (χ4n) is 5.54. The van der Waals surface area contributed by atoms with Crippen LogP contribution >= 0.6 is 0 Å². The molecule has 15 nitrogen and oxygen atoms in total. The number of rotatable bonds is 15. The molecule has 4 amide bonds. The van der Waals surface area contributed by atoms with Crippen LogP contribution in [0.5, 0.6) is 5.75 Å². The quantitative estimate of drug-likeness (QED) is 0.113. The van der Waals surface area contributed by atoms with E-state index in [1.807, 2.05) is 48.5 Å². The molecule has 0 saturated carbocycles. The molecule has 3 aromatic carbocycles. The molecule has 0 spiro atoms. The number of ether oxygens (including phenoxy) is 1.